The zero-order valence-electron chi connectivity index (χ0n) is 18.4. The number of benzene rings is 1. The molecular weight excluding hydrogens is 402 g/mol. The highest BCUT2D eigenvalue weighted by molar-refractivity contribution is 6.01. The lowest BCUT2D eigenvalue weighted by atomic mass is 9.69. The first-order chi connectivity index (χ1) is 14.6. The Hall–Kier alpha value is -2.58. The maximum Gasteiger partial charge on any atom is 0.388 e. The van der Waals surface area contributed by atoms with E-state index in [9.17, 15) is 13.6 Å². The molecule has 3 N–H and O–H groups in total. The van der Waals surface area contributed by atoms with Gasteiger partial charge in [-0.25, -0.2) is 4.98 Å². The molecule has 0 aliphatic carbocycles. The number of alkyl halides is 2. The molecule has 1 aromatic heterocycles. The maximum absolute atomic E-state index is 13.6. The fourth-order valence-corrected chi connectivity index (χ4v) is 4.17. The van der Waals surface area contributed by atoms with E-state index in [2.05, 4.69) is 33.8 Å². The van der Waals surface area contributed by atoms with Crippen LogP contribution in [0.25, 0.3) is 0 Å². The molecule has 1 amide bonds. The van der Waals surface area contributed by atoms with Crippen molar-refractivity contribution >= 4 is 11.6 Å². The van der Waals surface area contributed by atoms with Crippen LogP contribution < -0.4 is 15.8 Å². The second-order valence-electron chi connectivity index (χ2n) is 8.61. The number of halogens is 2. The summed E-state index contributed by atoms with van der Waals surface area (Å²) in [5.74, 6) is -0.337. The standard InChI is InChI=1S/C23H30F2N4O2/c1-14(2)17-7-5-6-8-18(17)23(12-29(13-23)11-15(3)26)21(30)28-19-10-9-16(4)27-20(19)31-22(24)25/h5-10,14-15,22H,11-13,26H2,1-4H3,(H,28,30). The van der Waals surface area contributed by atoms with Crippen molar-refractivity contribution in [1.29, 1.82) is 0 Å². The van der Waals surface area contributed by atoms with Crippen molar-refractivity contribution in [2.45, 2.75) is 51.7 Å². The first-order valence-corrected chi connectivity index (χ1v) is 10.4. The van der Waals surface area contributed by atoms with Gasteiger partial charge >= 0.3 is 6.61 Å². The minimum Gasteiger partial charge on any atom is -0.415 e. The highest BCUT2D eigenvalue weighted by Crippen LogP contribution is 2.40. The lowest BCUT2D eigenvalue weighted by molar-refractivity contribution is -0.128. The first-order valence-electron chi connectivity index (χ1n) is 10.4. The molecule has 168 valence electrons. The van der Waals surface area contributed by atoms with E-state index in [0.29, 0.717) is 25.3 Å². The summed E-state index contributed by atoms with van der Waals surface area (Å²) in [6.07, 6.45) is 0. The van der Waals surface area contributed by atoms with E-state index >= 15 is 0 Å². The minimum absolute atomic E-state index is 0.0197. The minimum atomic E-state index is -3.04. The third kappa shape index (κ3) is 5.02. The third-order valence-electron chi connectivity index (χ3n) is 5.51. The topological polar surface area (TPSA) is 80.5 Å². The fraction of sp³-hybridized carbons (Fsp3) is 0.478. The van der Waals surface area contributed by atoms with Crippen LogP contribution in [0, 0.1) is 6.92 Å². The van der Waals surface area contributed by atoms with Gasteiger partial charge in [0.25, 0.3) is 0 Å². The summed E-state index contributed by atoms with van der Waals surface area (Å²) in [6, 6.07) is 11.0. The molecule has 1 fully saturated rings. The highest BCUT2D eigenvalue weighted by atomic mass is 19.3. The molecule has 1 aromatic carbocycles. The number of pyridine rings is 1. The van der Waals surface area contributed by atoms with Gasteiger partial charge in [-0.1, -0.05) is 38.1 Å². The number of amides is 1. The maximum atomic E-state index is 13.6. The molecule has 1 aliphatic rings. The Morgan fingerprint density at radius 3 is 2.52 bits per heavy atom. The number of rotatable bonds is 8. The number of aromatic nitrogens is 1. The van der Waals surface area contributed by atoms with Crippen molar-refractivity contribution in [1.82, 2.24) is 9.88 Å². The van der Waals surface area contributed by atoms with Gasteiger partial charge in [-0.05, 0) is 43.0 Å². The molecule has 3 rings (SSSR count). The number of hydrogen-bond donors (Lipinski definition) is 2. The monoisotopic (exact) mass is 432 g/mol. The number of likely N-dealkylation sites (tertiary alicyclic amines) is 1. The Bertz CT molecular complexity index is 928. The van der Waals surface area contributed by atoms with Crippen LogP contribution in [0.2, 0.25) is 0 Å². The lowest BCUT2D eigenvalue weighted by Gasteiger charge is -2.50. The average molecular weight is 433 g/mol. The van der Waals surface area contributed by atoms with Gasteiger partial charge in [0.1, 0.15) is 5.69 Å². The van der Waals surface area contributed by atoms with E-state index in [4.69, 9.17) is 5.73 Å². The van der Waals surface area contributed by atoms with Gasteiger partial charge < -0.3 is 15.8 Å². The summed E-state index contributed by atoms with van der Waals surface area (Å²) in [5, 5.41) is 2.81. The number of anilines is 1. The number of nitrogens with one attached hydrogen (secondary N) is 1. The van der Waals surface area contributed by atoms with Gasteiger partial charge in [0, 0.05) is 31.4 Å². The molecule has 0 saturated carbocycles. The number of nitrogens with zero attached hydrogens (tertiary/aromatic N) is 2. The van der Waals surface area contributed by atoms with Gasteiger partial charge in [-0.2, -0.15) is 8.78 Å². The molecule has 2 aromatic rings. The molecule has 1 atom stereocenters. The fourth-order valence-electron chi connectivity index (χ4n) is 4.17. The predicted molar refractivity (Wildman–Crippen MR) is 117 cm³/mol. The molecule has 6 nitrogen and oxygen atoms in total. The van der Waals surface area contributed by atoms with Gasteiger partial charge in [0.2, 0.25) is 11.8 Å². The Kier molecular flexibility index (Phi) is 6.91. The van der Waals surface area contributed by atoms with Crippen LogP contribution in [-0.2, 0) is 10.2 Å². The molecule has 1 aliphatic heterocycles. The van der Waals surface area contributed by atoms with E-state index in [1.807, 2.05) is 31.2 Å². The Morgan fingerprint density at radius 2 is 1.90 bits per heavy atom. The quantitative estimate of drug-likeness (QED) is 0.666. The Balaban J connectivity index is 1.96. The third-order valence-corrected chi connectivity index (χ3v) is 5.51. The second kappa shape index (κ2) is 9.28. The number of carbonyl (C=O) groups excluding carboxylic acids is 1. The lowest BCUT2D eigenvalue weighted by Crippen LogP contribution is -2.66. The molecule has 0 radical (unpaired) electrons. The molecule has 1 unspecified atom stereocenters. The smallest absolute Gasteiger partial charge is 0.388 e. The number of carbonyl (C=O) groups is 1. The van der Waals surface area contributed by atoms with E-state index in [0.717, 1.165) is 11.1 Å². The summed E-state index contributed by atoms with van der Waals surface area (Å²) in [6.45, 7) is 6.39. The van der Waals surface area contributed by atoms with Crippen LogP contribution >= 0.6 is 0 Å². The van der Waals surface area contributed by atoms with Crippen molar-refractivity contribution < 1.29 is 18.3 Å². The first kappa shape index (κ1) is 23.1. The molecule has 31 heavy (non-hydrogen) atoms. The van der Waals surface area contributed by atoms with E-state index in [1.165, 1.54) is 0 Å². The van der Waals surface area contributed by atoms with Crippen LogP contribution in [0.1, 0.15) is 43.5 Å². The summed E-state index contributed by atoms with van der Waals surface area (Å²) >= 11 is 0. The molecule has 8 heteroatoms. The largest absolute Gasteiger partial charge is 0.415 e. The summed E-state index contributed by atoms with van der Waals surface area (Å²) in [4.78, 5) is 19.8. The molecule has 1 saturated heterocycles. The van der Waals surface area contributed by atoms with Crippen LogP contribution in [0.5, 0.6) is 5.88 Å². The number of ether oxygens (including phenoxy) is 1. The van der Waals surface area contributed by atoms with Crippen molar-refractivity contribution in [2.24, 2.45) is 5.73 Å². The van der Waals surface area contributed by atoms with Crippen molar-refractivity contribution in [3.63, 3.8) is 0 Å². The summed E-state index contributed by atoms with van der Waals surface area (Å²) < 4.78 is 30.3. The van der Waals surface area contributed by atoms with Gasteiger partial charge in [0.15, 0.2) is 0 Å². The highest BCUT2D eigenvalue weighted by Gasteiger charge is 2.51. The summed E-state index contributed by atoms with van der Waals surface area (Å²) in [5.41, 5.74) is 7.81. The van der Waals surface area contributed by atoms with Gasteiger partial charge in [-0.15, -0.1) is 0 Å². The summed E-state index contributed by atoms with van der Waals surface area (Å²) in [7, 11) is 0. The van der Waals surface area contributed by atoms with E-state index in [1.54, 1.807) is 19.1 Å². The molecule has 0 spiro atoms. The SMILES string of the molecule is Cc1ccc(NC(=O)C2(c3ccccc3C(C)C)CN(CC(C)N)C2)c(OC(F)F)n1. The molecular formula is C23H30F2N4O2. The molecule has 2 heterocycles. The van der Waals surface area contributed by atoms with Crippen molar-refractivity contribution in [3.8, 4) is 5.88 Å². The van der Waals surface area contributed by atoms with Crippen LogP contribution in [0.3, 0.4) is 0 Å². The number of aryl methyl sites for hydroxylation is 1. The van der Waals surface area contributed by atoms with Gasteiger partial charge in [0.05, 0.1) is 5.41 Å². The number of hydrogen-bond acceptors (Lipinski definition) is 5. The zero-order chi connectivity index (χ0) is 22.8. The van der Waals surface area contributed by atoms with Crippen LogP contribution in [-0.4, -0.2) is 48.1 Å². The van der Waals surface area contributed by atoms with Crippen LogP contribution in [0.15, 0.2) is 36.4 Å². The number of nitrogens with two attached hydrogens (primary N) is 1. The normalized spacial score (nSPS) is 16.8. The van der Waals surface area contributed by atoms with Crippen molar-refractivity contribution in [3.05, 3.63) is 53.2 Å². The Labute approximate surface area is 181 Å². The second-order valence-corrected chi connectivity index (χ2v) is 8.61. The van der Waals surface area contributed by atoms with Crippen LogP contribution in [0.4, 0.5) is 14.5 Å². The average Bonchev–Trinajstić information content (AvgIpc) is 2.65. The predicted octanol–water partition coefficient (Wildman–Crippen LogP) is 3.65. The van der Waals surface area contributed by atoms with E-state index in [-0.39, 0.29) is 29.4 Å². The van der Waals surface area contributed by atoms with Gasteiger partial charge in [-0.3, -0.25) is 9.69 Å². The van der Waals surface area contributed by atoms with E-state index < -0.39 is 12.0 Å². The Morgan fingerprint density at radius 1 is 1.23 bits per heavy atom. The van der Waals surface area contributed by atoms with Crippen molar-refractivity contribution in [2.75, 3.05) is 25.0 Å². The molecule has 0 bridgehead atoms. The zero-order valence-corrected chi connectivity index (χ0v) is 18.4.